The van der Waals surface area contributed by atoms with Crippen molar-refractivity contribution >= 4 is 5.97 Å². The van der Waals surface area contributed by atoms with E-state index in [-0.39, 0.29) is 5.92 Å². The summed E-state index contributed by atoms with van der Waals surface area (Å²) in [6, 6.07) is 0. The first-order valence-corrected chi connectivity index (χ1v) is 5.68. The van der Waals surface area contributed by atoms with Crippen molar-refractivity contribution in [3.63, 3.8) is 0 Å². The molecule has 15 heavy (non-hydrogen) atoms. The molecular weight excluding hydrogens is 196 g/mol. The summed E-state index contributed by atoms with van der Waals surface area (Å²) < 4.78 is 11.3. The molecule has 4 heteroatoms. The van der Waals surface area contributed by atoms with Crippen molar-refractivity contribution in [3.05, 3.63) is 0 Å². The molecule has 3 aliphatic rings. The molecule has 3 rings (SSSR count). The molecule has 84 valence electrons. The van der Waals surface area contributed by atoms with E-state index < -0.39 is 17.2 Å². The maximum atomic E-state index is 11.3. The zero-order chi connectivity index (χ0) is 10.5. The molecule has 0 amide bonds. The van der Waals surface area contributed by atoms with Gasteiger partial charge in [0.15, 0.2) is 5.79 Å². The summed E-state index contributed by atoms with van der Waals surface area (Å²) in [4.78, 5) is 11.3. The lowest BCUT2D eigenvalue weighted by atomic mass is 9.52. The third kappa shape index (κ3) is 1.18. The van der Waals surface area contributed by atoms with Gasteiger partial charge in [-0.1, -0.05) is 0 Å². The van der Waals surface area contributed by atoms with Crippen LogP contribution < -0.4 is 0 Å². The number of ether oxygens (including phenoxy) is 2. The first-order valence-electron chi connectivity index (χ1n) is 5.68. The molecule has 3 fully saturated rings. The van der Waals surface area contributed by atoms with Crippen LogP contribution >= 0.6 is 0 Å². The number of rotatable bonds is 1. The van der Waals surface area contributed by atoms with Crippen LogP contribution in [0.5, 0.6) is 0 Å². The van der Waals surface area contributed by atoms with Crippen molar-refractivity contribution in [1.82, 2.24) is 0 Å². The topological polar surface area (TPSA) is 55.8 Å². The summed E-state index contributed by atoms with van der Waals surface area (Å²) in [5.41, 5.74) is -0.444. The Hall–Kier alpha value is -0.610. The lowest BCUT2D eigenvalue weighted by Crippen LogP contribution is -2.55. The average molecular weight is 212 g/mol. The summed E-state index contributed by atoms with van der Waals surface area (Å²) in [6.45, 7) is 1.32. The van der Waals surface area contributed by atoms with Gasteiger partial charge in [0, 0.05) is 12.8 Å². The molecule has 1 spiro atoms. The van der Waals surface area contributed by atoms with Crippen LogP contribution in [0.1, 0.15) is 32.1 Å². The number of hydrogen-bond donors (Lipinski definition) is 1. The normalized spacial score (nSPS) is 42.3. The van der Waals surface area contributed by atoms with E-state index in [0.717, 1.165) is 25.7 Å². The van der Waals surface area contributed by atoms with E-state index in [4.69, 9.17) is 9.47 Å². The maximum Gasteiger partial charge on any atom is 0.309 e. The second-order valence-corrected chi connectivity index (χ2v) is 5.01. The SMILES string of the molecule is O=C(O)C12CCC1CC1(CC2)OCCO1. The van der Waals surface area contributed by atoms with E-state index >= 15 is 0 Å². The molecule has 2 saturated carbocycles. The van der Waals surface area contributed by atoms with Gasteiger partial charge in [-0.05, 0) is 25.2 Å². The largest absolute Gasteiger partial charge is 0.481 e. The molecule has 0 radical (unpaired) electrons. The fourth-order valence-electron chi connectivity index (χ4n) is 3.36. The van der Waals surface area contributed by atoms with E-state index in [1.807, 2.05) is 0 Å². The number of carbonyl (C=O) groups is 1. The Morgan fingerprint density at radius 2 is 1.93 bits per heavy atom. The van der Waals surface area contributed by atoms with Crippen molar-refractivity contribution in [3.8, 4) is 0 Å². The molecule has 0 aromatic rings. The Morgan fingerprint density at radius 1 is 1.20 bits per heavy atom. The van der Waals surface area contributed by atoms with Crippen LogP contribution in [-0.4, -0.2) is 30.1 Å². The van der Waals surface area contributed by atoms with Crippen molar-refractivity contribution in [2.45, 2.75) is 37.9 Å². The van der Waals surface area contributed by atoms with Crippen molar-refractivity contribution in [1.29, 1.82) is 0 Å². The highest BCUT2D eigenvalue weighted by Gasteiger charge is 2.60. The molecule has 0 bridgehead atoms. The summed E-state index contributed by atoms with van der Waals surface area (Å²) in [7, 11) is 0. The molecule has 4 nitrogen and oxygen atoms in total. The van der Waals surface area contributed by atoms with Gasteiger partial charge in [0.2, 0.25) is 0 Å². The summed E-state index contributed by atoms with van der Waals surface area (Å²) in [5, 5.41) is 9.27. The van der Waals surface area contributed by atoms with Crippen molar-refractivity contribution in [2.24, 2.45) is 11.3 Å². The van der Waals surface area contributed by atoms with E-state index in [2.05, 4.69) is 0 Å². The van der Waals surface area contributed by atoms with Gasteiger partial charge in [-0.25, -0.2) is 0 Å². The number of aliphatic carboxylic acids is 1. The molecular formula is C11H16O4. The Balaban J connectivity index is 1.78. The second-order valence-electron chi connectivity index (χ2n) is 5.01. The standard InChI is InChI=1S/C11H16O4/c12-9(13)10-2-1-8(10)7-11(4-3-10)14-5-6-15-11/h8H,1-7H2,(H,12,13). The van der Waals surface area contributed by atoms with Crippen LogP contribution in [0.15, 0.2) is 0 Å². The molecule has 1 N–H and O–H groups in total. The first kappa shape index (κ1) is 9.60. The van der Waals surface area contributed by atoms with Crippen LogP contribution in [0.3, 0.4) is 0 Å². The number of fused-ring (bicyclic) bond motifs is 1. The fraction of sp³-hybridized carbons (Fsp3) is 0.909. The highest BCUT2D eigenvalue weighted by Crippen LogP contribution is 2.59. The third-order valence-electron chi connectivity index (χ3n) is 4.47. The second kappa shape index (κ2) is 2.95. The van der Waals surface area contributed by atoms with Gasteiger partial charge in [0.05, 0.1) is 18.6 Å². The Morgan fingerprint density at radius 3 is 2.40 bits per heavy atom. The Kier molecular flexibility index (Phi) is 1.89. The van der Waals surface area contributed by atoms with Crippen LogP contribution in [-0.2, 0) is 14.3 Å². The van der Waals surface area contributed by atoms with Gasteiger partial charge >= 0.3 is 5.97 Å². The minimum absolute atomic E-state index is 0.266. The Labute approximate surface area is 88.6 Å². The molecule has 2 aliphatic carbocycles. The van der Waals surface area contributed by atoms with Crippen LogP contribution in [0.4, 0.5) is 0 Å². The van der Waals surface area contributed by atoms with Gasteiger partial charge in [-0.15, -0.1) is 0 Å². The molecule has 2 unspecified atom stereocenters. The lowest BCUT2D eigenvalue weighted by Gasteiger charge is -2.53. The third-order valence-corrected chi connectivity index (χ3v) is 4.47. The quantitative estimate of drug-likeness (QED) is 0.713. The van der Waals surface area contributed by atoms with E-state index in [1.54, 1.807) is 0 Å². The molecule has 1 aliphatic heterocycles. The van der Waals surface area contributed by atoms with E-state index in [1.165, 1.54) is 0 Å². The van der Waals surface area contributed by atoms with Crippen molar-refractivity contribution in [2.75, 3.05) is 13.2 Å². The molecule has 0 aromatic heterocycles. The predicted octanol–water partition coefficient (Wildman–Crippen LogP) is 1.39. The monoisotopic (exact) mass is 212 g/mol. The van der Waals surface area contributed by atoms with Crippen LogP contribution in [0, 0.1) is 11.3 Å². The first-order chi connectivity index (χ1) is 7.17. The molecule has 0 aromatic carbocycles. The highest BCUT2D eigenvalue weighted by atomic mass is 16.7. The van der Waals surface area contributed by atoms with Crippen LogP contribution in [0.2, 0.25) is 0 Å². The number of hydrogen-bond acceptors (Lipinski definition) is 3. The van der Waals surface area contributed by atoms with Crippen LogP contribution in [0.25, 0.3) is 0 Å². The predicted molar refractivity (Wildman–Crippen MR) is 51.3 cm³/mol. The number of carboxylic acid groups (broad SMARTS) is 1. The zero-order valence-electron chi connectivity index (χ0n) is 8.70. The molecule has 2 atom stereocenters. The number of carboxylic acids is 1. The summed E-state index contributed by atoms with van der Waals surface area (Å²) >= 11 is 0. The summed E-state index contributed by atoms with van der Waals surface area (Å²) in [5.74, 6) is -0.780. The lowest BCUT2D eigenvalue weighted by molar-refractivity contribution is -0.229. The molecule has 1 saturated heterocycles. The smallest absolute Gasteiger partial charge is 0.309 e. The Bertz CT molecular complexity index is 295. The minimum Gasteiger partial charge on any atom is -0.481 e. The maximum absolute atomic E-state index is 11.3. The van der Waals surface area contributed by atoms with Gasteiger partial charge < -0.3 is 14.6 Å². The van der Waals surface area contributed by atoms with Crippen molar-refractivity contribution < 1.29 is 19.4 Å². The fourth-order valence-corrected chi connectivity index (χ4v) is 3.36. The van der Waals surface area contributed by atoms with E-state index in [0.29, 0.717) is 19.6 Å². The van der Waals surface area contributed by atoms with E-state index in [9.17, 15) is 9.90 Å². The van der Waals surface area contributed by atoms with Gasteiger partial charge in [0.1, 0.15) is 0 Å². The van der Waals surface area contributed by atoms with Gasteiger partial charge in [-0.2, -0.15) is 0 Å². The zero-order valence-corrected chi connectivity index (χ0v) is 8.70. The van der Waals surface area contributed by atoms with Gasteiger partial charge in [0.25, 0.3) is 0 Å². The minimum atomic E-state index is -0.619. The molecule has 1 heterocycles. The average Bonchev–Trinajstić information content (AvgIpc) is 2.61. The summed E-state index contributed by atoms with van der Waals surface area (Å²) in [6.07, 6.45) is 4.09. The highest BCUT2D eigenvalue weighted by molar-refractivity contribution is 5.76. The van der Waals surface area contributed by atoms with Gasteiger partial charge in [-0.3, -0.25) is 4.79 Å².